The number of rotatable bonds is 5. The Hall–Kier alpha value is -9.18. The molecular formula is C70H45NO2. The van der Waals surface area contributed by atoms with E-state index in [1.807, 2.05) is 0 Å². The number of benzene rings is 11. The summed E-state index contributed by atoms with van der Waals surface area (Å²) < 4.78 is 14.3. The van der Waals surface area contributed by atoms with Gasteiger partial charge in [-0.05, 0) is 132 Å². The van der Waals surface area contributed by atoms with Crippen LogP contribution in [0.1, 0.15) is 47.2 Å². The Kier molecular flexibility index (Phi) is 8.16. The molecule has 0 atom stereocenters. The zero-order chi connectivity index (χ0) is 48.2. The SMILES string of the molecule is CC1(C)c2ccccc2-c2ccc(N(c3cccc(-c4ccccc4)c3)c3ccc4c(c3)oc3c(-c5cccc6c5-c5ccccc5C65c6ccccc6-c6ccccc65)c5c(cc34)oc3ccccc35)cc21. The molecule has 3 aliphatic rings. The fourth-order valence-corrected chi connectivity index (χ4v) is 13.6. The zero-order valence-corrected chi connectivity index (χ0v) is 40.3. The molecule has 3 heteroatoms. The highest BCUT2D eigenvalue weighted by molar-refractivity contribution is 6.25. The van der Waals surface area contributed by atoms with Crippen LogP contribution in [-0.4, -0.2) is 0 Å². The van der Waals surface area contributed by atoms with Crippen LogP contribution in [0.25, 0.3) is 99.5 Å². The summed E-state index contributed by atoms with van der Waals surface area (Å²) in [4.78, 5) is 2.40. The van der Waals surface area contributed by atoms with Gasteiger partial charge in [-0.3, -0.25) is 0 Å². The van der Waals surface area contributed by atoms with E-state index in [4.69, 9.17) is 8.83 Å². The van der Waals surface area contributed by atoms with Crippen molar-refractivity contribution in [3.8, 4) is 55.6 Å². The molecule has 1 spiro atoms. The standard InChI is InChI=1S/C70H45NO2/c1-69(2)56-28-11-6-22-47(56)50-36-34-45(39-61(50)69)71(44-21-16-20-43(38-44)42-18-4-3-5-19-42)46-35-37-51-55-41-64-66(53-26-10-15-33-62(53)72-64)67(68(55)73-63(51)40-46)54-27-17-32-60-65(54)52-25-9-14-31-59(52)70(60)57-29-12-7-23-48(57)49-24-8-13-30-58(49)70/h3-41H,1-2H3. The van der Waals surface area contributed by atoms with Gasteiger partial charge in [0.1, 0.15) is 22.3 Å². The Morgan fingerprint density at radius 3 is 1.66 bits per heavy atom. The van der Waals surface area contributed by atoms with Crippen molar-refractivity contribution in [3.63, 3.8) is 0 Å². The smallest absolute Gasteiger partial charge is 0.144 e. The van der Waals surface area contributed by atoms with Gasteiger partial charge >= 0.3 is 0 Å². The highest BCUT2D eigenvalue weighted by Crippen LogP contribution is 2.65. The van der Waals surface area contributed by atoms with Gasteiger partial charge in [-0.2, -0.15) is 0 Å². The summed E-state index contributed by atoms with van der Waals surface area (Å²) in [5.74, 6) is 0. The Bertz CT molecular complexity index is 4440. The number of hydrogen-bond acceptors (Lipinski definition) is 3. The van der Waals surface area contributed by atoms with Crippen molar-refractivity contribution in [2.75, 3.05) is 4.90 Å². The summed E-state index contributed by atoms with van der Waals surface area (Å²) in [6.45, 7) is 4.71. The van der Waals surface area contributed by atoms with E-state index in [0.717, 1.165) is 77.6 Å². The van der Waals surface area contributed by atoms with Gasteiger partial charge in [0.05, 0.1) is 5.41 Å². The molecule has 342 valence electrons. The number of furan rings is 2. The molecule has 3 aliphatic carbocycles. The molecule has 16 rings (SSSR count). The maximum Gasteiger partial charge on any atom is 0.144 e. The summed E-state index contributed by atoms with van der Waals surface area (Å²) in [6, 6.07) is 86.9. The van der Waals surface area contributed by atoms with Crippen molar-refractivity contribution in [3.05, 3.63) is 270 Å². The first-order chi connectivity index (χ1) is 36.0. The van der Waals surface area contributed by atoms with Crippen LogP contribution in [0.4, 0.5) is 17.1 Å². The molecule has 0 fully saturated rings. The first-order valence-corrected chi connectivity index (χ1v) is 25.4. The number of fused-ring (bicyclic) bond motifs is 19. The van der Waals surface area contributed by atoms with Crippen molar-refractivity contribution in [1.29, 1.82) is 0 Å². The van der Waals surface area contributed by atoms with Crippen molar-refractivity contribution < 1.29 is 8.83 Å². The van der Waals surface area contributed by atoms with Crippen LogP contribution in [-0.2, 0) is 10.8 Å². The highest BCUT2D eigenvalue weighted by Gasteiger charge is 2.52. The lowest BCUT2D eigenvalue weighted by Gasteiger charge is -2.30. The molecule has 73 heavy (non-hydrogen) atoms. The number of para-hydroxylation sites is 1. The monoisotopic (exact) mass is 931 g/mol. The minimum Gasteiger partial charge on any atom is -0.456 e. The lowest BCUT2D eigenvalue weighted by atomic mass is 9.70. The van der Waals surface area contributed by atoms with E-state index in [0.29, 0.717) is 0 Å². The van der Waals surface area contributed by atoms with Gasteiger partial charge in [-0.25, -0.2) is 0 Å². The highest BCUT2D eigenvalue weighted by atomic mass is 16.3. The lowest BCUT2D eigenvalue weighted by molar-refractivity contribution is 0.660. The average Bonchev–Trinajstić information content (AvgIpc) is 4.22. The summed E-state index contributed by atoms with van der Waals surface area (Å²) in [5, 5.41) is 4.18. The molecule has 0 N–H and O–H groups in total. The van der Waals surface area contributed by atoms with Gasteiger partial charge in [-0.1, -0.05) is 196 Å². The third-order valence-electron chi connectivity index (χ3n) is 16.7. The summed E-state index contributed by atoms with van der Waals surface area (Å²) in [5.41, 5.74) is 26.0. The Labute approximate surface area is 422 Å². The summed E-state index contributed by atoms with van der Waals surface area (Å²) in [7, 11) is 0. The molecule has 2 aromatic heterocycles. The summed E-state index contributed by atoms with van der Waals surface area (Å²) >= 11 is 0. The number of anilines is 3. The second kappa shape index (κ2) is 14.7. The van der Waals surface area contributed by atoms with E-state index in [-0.39, 0.29) is 5.41 Å². The van der Waals surface area contributed by atoms with Gasteiger partial charge < -0.3 is 13.7 Å². The Morgan fingerprint density at radius 2 is 0.877 bits per heavy atom. The third-order valence-corrected chi connectivity index (χ3v) is 16.7. The normalized spacial score (nSPS) is 14.1. The summed E-state index contributed by atoms with van der Waals surface area (Å²) in [6.07, 6.45) is 0. The van der Waals surface area contributed by atoms with Crippen molar-refractivity contribution in [1.82, 2.24) is 0 Å². The van der Waals surface area contributed by atoms with E-state index in [1.165, 1.54) is 72.3 Å². The van der Waals surface area contributed by atoms with Gasteiger partial charge in [0, 0.05) is 55.7 Å². The molecule has 2 heterocycles. The molecule has 0 unspecified atom stereocenters. The maximum absolute atomic E-state index is 7.48. The van der Waals surface area contributed by atoms with Crippen LogP contribution in [0, 0.1) is 0 Å². The predicted octanol–water partition coefficient (Wildman–Crippen LogP) is 18.9. The van der Waals surface area contributed by atoms with Crippen molar-refractivity contribution in [2.45, 2.75) is 24.7 Å². The van der Waals surface area contributed by atoms with E-state index < -0.39 is 5.41 Å². The van der Waals surface area contributed by atoms with E-state index in [9.17, 15) is 0 Å². The molecule has 3 nitrogen and oxygen atoms in total. The van der Waals surface area contributed by atoms with E-state index in [2.05, 4.69) is 255 Å². The number of hydrogen-bond donors (Lipinski definition) is 0. The minimum atomic E-state index is -0.486. The first-order valence-electron chi connectivity index (χ1n) is 25.4. The van der Waals surface area contributed by atoms with E-state index in [1.54, 1.807) is 0 Å². The van der Waals surface area contributed by atoms with Gasteiger partial charge in [0.2, 0.25) is 0 Å². The molecular weight excluding hydrogens is 887 g/mol. The Balaban J connectivity index is 0.952. The fraction of sp³-hybridized carbons (Fsp3) is 0.0571. The topological polar surface area (TPSA) is 29.5 Å². The van der Waals surface area contributed by atoms with Crippen LogP contribution >= 0.6 is 0 Å². The molecule has 11 aromatic carbocycles. The molecule has 13 aromatic rings. The quantitative estimate of drug-likeness (QED) is 0.172. The molecule has 0 radical (unpaired) electrons. The van der Waals surface area contributed by atoms with Crippen LogP contribution in [0.5, 0.6) is 0 Å². The molecule has 0 saturated heterocycles. The zero-order valence-electron chi connectivity index (χ0n) is 40.3. The van der Waals surface area contributed by atoms with Crippen LogP contribution < -0.4 is 4.90 Å². The maximum atomic E-state index is 7.48. The van der Waals surface area contributed by atoms with Crippen molar-refractivity contribution in [2.24, 2.45) is 0 Å². The lowest BCUT2D eigenvalue weighted by Crippen LogP contribution is -2.25. The van der Waals surface area contributed by atoms with Gasteiger partial charge in [0.25, 0.3) is 0 Å². The van der Waals surface area contributed by atoms with Crippen LogP contribution in [0.15, 0.2) is 245 Å². The first kappa shape index (κ1) is 40.5. The molecule has 0 amide bonds. The minimum absolute atomic E-state index is 0.165. The largest absolute Gasteiger partial charge is 0.456 e. The average molecular weight is 932 g/mol. The predicted molar refractivity (Wildman–Crippen MR) is 300 cm³/mol. The second-order valence-corrected chi connectivity index (χ2v) is 20.6. The molecule has 0 aliphatic heterocycles. The third kappa shape index (κ3) is 5.38. The number of nitrogens with zero attached hydrogens (tertiary/aromatic N) is 1. The van der Waals surface area contributed by atoms with Gasteiger partial charge in [-0.15, -0.1) is 0 Å². The van der Waals surface area contributed by atoms with Gasteiger partial charge in [0.15, 0.2) is 0 Å². The van der Waals surface area contributed by atoms with Crippen LogP contribution in [0.3, 0.4) is 0 Å². The Morgan fingerprint density at radius 1 is 0.315 bits per heavy atom. The van der Waals surface area contributed by atoms with Crippen LogP contribution in [0.2, 0.25) is 0 Å². The molecule has 0 saturated carbocycles. The second-order valence-electron chi connectivity index (χ2n) is 20.6. The fourth-order valence-electron chi connectivity index (χ4n) is 13.6. The van der Waals surface area contributed by atoms with E-state index >= 15 is 0 Å². The van der Waals surface area contributed by atoms with Crippen molar-refractivity contribution >= 4 is 60.9 Å². The molecule has 0 bridgehead atoms.